The van der Waals surface area contributed by atoms with E-state index in [0.29, 0.717) is 16.2 Å². The van der Waals surface area contributed by atoms with Crippen LogP contribution in [0.3, 0.4) is 0 Å². The number of hydrogen-bond acceptors (Lipinski definition) is 3. The summed E-state index contributed by atoms with van der Waals surface area (Å²) in [7, 11) is 0. The molecule has 1 unspecified atom stereocenters. The molecule has 0 saturated carbocycles. The van der Waals surface area contributed by atoms with Gasteiger partial charge in [-0.15, -0.1) is 10.2 Å². The van der Waals surface area contributed by atoms with E-state index in [0.717, 1.165) is 18.7 Å². The molecule has 0 spiro atoms. The van der Waals surface area contributed by atoms with Crippen LogP contribution in [0.2, 0.25) is 10.3 Å². The van der Waals surface area contributed by atoms with Crippen molar-refractivity contribution in [2.24, 2.45) is 5.92 Å². The minimum absolute atomic E-state index is 0.360. The zero-order valence-electron chi connectivity index (χ0n) is 10.3. The van der Waals surface area contributed by atoms with E-state index < -0.39 is 0 Å². The molecule has 1 heterocycles. The van der Waals surface area contributed by atoms with Crippen LogP contribution >= 0.6 is 23.2 Å². The summed E-state index contributed by atoms with van der Waals surface area (Å²) in [5, 5.41) is 11.5. The smallest absolute Gasteiger partial charge is 0.174 e. The Balaban J connectivity index is 2.50. The lowest BCUT2D eigenvalue weighted by molar-refractivity contribution is 0.472. The maximum Gasteiger partial charge on any atom is 0.174 e. The van der Waals surface area contributed by atoms with Crippen molar-refractivity contribution >= 4 is 28.9 Å². The van der Waals surface area contributed by atoms with Gasteiger partial charge < -0.3 is 5.32 Å². The molecule has 1 aromatic rings. The van der Waals surface area contributed by atoms with Crippen molar-refractivity contribution < 1.29 is 0 Å². The lowest BCUT2D eigenvalue weighted by Gasteiger charge is -2.16. The Morgan fingerprint density at radius 2 is 2.06 bits per heavy atom. The molecule has 0 saturated heterocycles. The predicted octanol–water partition coefficient (Wildman–Crippen LogP) is 4.41. The van der Waals surface area contributed by atoms with Gasteiger partial charge in [0.05, 0.1) is 5.69 Å². The molecular weight excluding hydrogens is 257 g/mol. The molecule has 5 heteroatoms. The summed E-state index contributed by atoms with van der Waals surface area (Å²) in [5.74, 6) is 0.665. The number of anilines is 1. The number of rotatable bonds is 7. The quantitative estimate of drug-likeness (QED) is 0.801. The van der Waals surface area contributed by atoms with Crippen molar-refractivity contribution in [3.05, 3.63) is 16.4 Å². The molecule has 0 bridgehead atoms. The van der Waals surface area contributed by atoms with Crippen LogP contribution in [0.5, 0.6) is 0 Å². The van der Waals surface area contributed by atoms with Crippen molar-refractivity contribution in [3.63, 3.8) is 0 Å². The molecule has 0 aliphatic rings. The van der Waals surface area contributed by atoms with Crippen molar-refractivity contribution in [2.45, 2.75) is 39.5 Å². The SMILES string of the molecule is CCCCC(CC)CNc1cc(Cl)nnc1Cl. The Kier molecular flexibility index (Phi) is 6.60. The molecule has 96 valence electrons. The largest absolute Gasteiger partial charge is 0.382 e. The number of halogens is 2. The normalized spacial score (nSPS) is 12.5. The number of unbranched alkanes of at least 4 members (excludes halogenated alkanes) is 1. The highest BCUT2D eigenvalue weighted by atomic mass is 35.5. The van der Waals surface area contributed by atoms with E-state index in [1.165, 1.54) is 19.3 Å². The summed E-state index contributed by atoms with van der Waals surface area (Å²) in [6.45, 7) is 5.32. The van der Waals surface area contributed by atoms with Crippen LogP contribution in [-0.2, 0) is 0 Å². The number of nitrogens with one attached hydrogen (secondary N) is 1. The van der Waals surface area contributed by atoms with Gasteiger partial charge in [0, 0.05) is 12.6 Å². The molecule has 17 heavy (non-hydrogen) atoms. The molecule has 0 amide bonds. The fourth-order valence-electron chi connectivity index (χ4n) is 1.67. The molecule has 0 aromatic carbocycles. The molecule has 1 atom stereocenters. The third kappa shape index (κ3) is 5.09. The van der Waals surface area contributed by atoms with Gasteiger partial charge in [-0.2, -0.15) is 0 Å². The van der Waals surface area contributed by atoms with Crippen LogP contribution in [0.1, 0.15) is 39.5 Å². The number of hydrogen-bond donors (Lipinski definition) is 1. The molecule has 1 aromatic heterocycles. The summed E-state index contributed by atoms with van der Waals surface area (Å²) in [5.41, 5.74) is 0.765. The first-order chi connectivity index (χ1) is 8.17. The molecule has 1 N–H and O–H groups in total. The van der Waals surface area contributed by atoms with Crippen LogP contribution < -0.4 is 5.32 Å². The molecule has 0 radical (unpaired) electrons. The average Bonchev–Trinajstić information content (AvgIpc) is 2.33. The summed E-state index contributed by atoms with van der Waals surface area (Å²) in [4.78, 5) is 0. The predicted molar refractivity (Wildman–Crippen MR) is 73.8 cm³/mol. The van der Waals surface area contributed by atoms with Gasteiger partial charge in [-0.25, -0.2) is 0 Å². The minimum atomic E-state index is 0.360. The van der Waals surface area contributed by atoms with Crippen LogP contribution in [-0.4, -0.2) is 16.7 Å². The van der Waals surface area contributed by atoms with E-state index in [4.69, 9.17) is 23.2 Å². The maximum absolute atomic E-state index is 5.93. The van der Waals surface area contributed by atoms with Gasteiger partial charge in [-0.05, 0) is 12.3 Å². The molecule has 0 aliphatic heterocycles. The van der Waals surface area contributed by atoms with Crippen LogP contribution in [0.15, 0.2) is 6.07 Å². The monoisotopic (exact) mass is 275 g/mol. The summed E-state index contributed by atoms with van der Waals surface area (Å²) < 4.78 is 0. The molecule has 1 rings (SSSR count). The van der Waals surface area contributed by atoms with Crippen molar-refractivity contribution in [2.75, 3.05) is 11.9 Å². The van der Waals surface area contributed by atoms with Gasteiger partial charge in [0.2, 0.25) is 0 Å². The Morgan fingerprint density at radius 3 is 2.71 bits per heavy atom. The second-order valence-corrected chi connectivity index (χ2v) is 4.91. The molecule has 3 nitrogen and oxygen atoms in total. The zero-order chi connectivity index (χ0) is 12.7. The van der Waals surface area contributed by atoms with E-state index >= 15 is 0 Å². The Bertz CT molecular complexity index is 345. The summed E-state index contributed by atoms with van der Waals surface area (Å²) in [6, 6.07) is 1.71. The Hall–Kier alpha value is -0.540. The van der Waals surface area contributed by atoms with Gasteiger partial charge in [0.25, 0.3) is 0 Å². The van der Waals surface area contributed by atoms with Gasteiger partial charge in [0.1, 0.15) is 0 Å². The Labute approximate surface area is 113 Å². The maximum atomic E-state index is 5.93. The summed E-state index contributed by atoms with van der Waals surface area (Å²) >= 11 is 11.7. The van der Waals surface area contributed by atoms with Gasteiger partial charge in [0.15, 0.2) is 10.3 Å². The third-order valence-corrected chi connectivity index (χ3v) is 3.31. The molecular formula is C12H19Cl2N3. The minimum Gasteiger partial charge on any atom is -0.382 e. The number of aromatic nitrogens is 2. The Morgan fingerprint density at radius 1 is 1.29 bits per heavy atom. The fourth-order valence-corrected chi connectivity index (χ4v) is 1.98. The highest BCUT2D eigenvalue weighted by Gasteiger charge is 2.08. The molecule has 0 fully saturated rings. The van der Waals surface area contributed by atoms with Gasteiger partial charge >= 0.3 is 0 Å². The first kappa shape index (κ1) is 14.5. The van der Waals surface area contributed by atoms with Crippen molar-refractivity contribution in [3.8, 4) is 0 Å². The topological polar surface area (TPSA) is 37.8 Å². The van der Waals surface area contributed by atoms with Crippen LogP contribution in [0.4, 0.5) is 5.69 Å². The molecule has 0 aliphatic carbocycles. The first-order valence-electron chi connectivity index (χ1n) is 6.10. The third-order valence-electron chi connectivity index (χ3n) is 2.84. The van der Waals surface area contributed by atoms with E-state index in [1.807, 2.05) is 0 Å². The fraction of sp³-hybridized carbons (Fsp3) is 0.667. The van der Waals surface area contributed by atoms with Gasteiger partial charge in [-0.3, -0.25) is 0 Å². The van der Waals surface area contributed by atoms with Crippen LogP contribution in [0.25, 0.3) is 0 Å². The lowest BCUT2D eigenvalue weighted by Crippen LogP contribution is -2.14. The van der Waals surface area contributed by atoms with E-state index in [2.05, 4.69) is 29.4 Å². The lowest BCUT2D eigenvalue weighted by atomic mass is 9.99. The van der Waals surface area contributed by atoms with Gasteiger partial charge in [-0.1, -0.05) is 56.3 Å². The standard InChI is InChI=1S/C12H19Cl2N3/c1-3-5-6-9(4-2)8-15-10-7-11(13)16-17-12(10)14/h7,9H,3-6,8H2,1-2H3,(H,15,16). The van der Waals surface area contributed by atoms with E-state index in [9.17, 15) is 0 Å². The van der Waals surface area contributed by atoms with Crippen molar-refractivity contribution in [1.82, 2.24) is 10.2 Å². The summed E-state index contributed by atoms with van der Waals surface area (Å²) in [6.07, 6.45) is 4.91. The highest BCUT2D eigenvalue weighted by Crippen LogP contribution is 2.22. The highest BCUT2D eigenvalue weighted by molar-refractivity contribution is 6.33. The number of nitrogens with zero attached hydrogens (tertiary/aromatic N) is 2. The second kappa shape index (κ2) is 7.72. The first-order valence-corrected chi connectivity index (χ1v) is 6.85. The van der Waals surface area contributed by atoms with Crippen LogP contribution in [0, 0.1) is 5.92 Å². The zero-order valence-corrected chi connectivity index (χ0v) is 11.9. The second-order valence-electron chi connectivity index (χ2n) is 4.17. The van der Waals surface area contributed by atoms with E-state index in [-0.39, 0.29) is 0 Å². The van der Waals surface area contributed by atoms with E-state index in [1.54, 1.807) is 6.07 Å². The average molecular weight is 276 g/mol. The van der Waals surface area contributed by atoms with Crippen molar-refractivity contribution in [1.29, 1.82) is 0 Å².